The Hall–Kier alpha value is -2.02. The number of pyridine rings is 1. The van der Waals surface area contributed by atoms with Crippen LogP contribution < -0.4 is 9.64 Å². The van der Waals surface area contributed by atoms with E-state index in [9.17, 15) is 18.3 Å². The van der Waals surface area contributed by atoms with Crippen molar-refractivity contribution in [2.75, 3.05) is 11.5 Å². The van der Waals surface area contributed by atoms with E-state index in [1.165, 1.54) is 12.3 Å². The van der Waals surface area contributed by atoms with E-state index in [0.29, 0.717) is 31.1 Å². The van der Waals surface area contributed by atoms with Gasteiger partial charge in [-0.15, -0.1) is 0 Å². The van der Waals surface area contributed by atoms with Crippen molar-refractivity contribution in [3.63, 3.8) is 0 Å². The summed E-state index contributed by atoms with van der Waals surface area (Å²) in [5.74, 6) is 0.968. The molecule has 1 saturated carbocycles. The lowest BCUT2D eigenvalue weighted by Gasteiger charge is -2.49. The number of halogens is 3. The molecule has 1 aliphatic carbocycles. The Labute approximate surface area is 157 Å². The lowest BCUT2D eigenvalue weighted by Crippen LogP contribution is -2.54. The average Bonchev–Trinajstić information content (AvgIpc) is 2.51. The van der Waals surface area contributed by atoms with Crippen LogP contribution in [0.25, 0.3) is 5.57 Å². The summed E-state index contributed by atoms with van der Waals surface area (Å²) in [6, 6.07) is 1.27. The molecule has 1 fully saturated rings. The summed E-state index contributed by atoms with van der Waals surface area (Å²) in [5, 5.41) is 10.0. The number of nitrogens with zero attached hydrogens (tertiary/aromatic N) is 2. The van der Waals surface area contributed by atoms with Crippen molar-refractivity contribution >= 4 is 11.4 Å². The molecule has 1 aliphatic heterocycles. The molecule has 0 atom stereocenters. The van der Waals surface area contributed by atoms with Crippen molar-refractivity contribution < 1.29 is 23.0 Å². The molecule has 1 aromatic heterocycles. The van der Waals surface area contributed by atoms with Crippen molar-refractivity contribution in [3.05, 3.63) is 36.2 Å². The summed E-state index contributed by atoms with van der Waals surface area (Å²) in [7, 11) is 0. The molecule has 1 aromatic rings. The van der Waals surface area contributed by atoms with Crippen LogP contribution in [0, 0.1) is 5.92 Å². The first-order valence-electron chi connectivity index (χ1n) is 9.10. The molecule has 0 aromatic carbocycles. The number of fused-ring (bicyclic) bond motifs is 1. The number of allylic oxidation sites excluding steroid dienone is 2. The van der Waals surface area contributed by atoms with Crippen LogP contribution in [0.5, 0.6) is 5.75 Å². The molecule has 2 aliphatic rings. The SMILES string of the molecule is C=C1C=C(C(F)(F)F)c2cc(OCCC(C)C)cnc2N1[C@H]1C[C@](C)(O)C1. The highest BCUT2D eigenvalue weighted by Crippen LogP contribution is 2.47. The first kappa shape index (κ1) is 19.7. The smallest absolute Gasteiger partial charge is 0.417 e. The minimum Gasteiger partial charge on any atom is -0.492 e. The predicted molar refractivity (Wildman–Crippen MR) is 98.5 cm³/mol. The maximum Gasteiger partial charge on any atom is 0.417 e. The van der Waals surface area contributed by atoms with E-state index in [1.54, 1.807) is 11.8 Å². The number of rotatable bonds is 5. The van der Waals surface area contributed by atoms with Crippen LogP contribution in [0.2, 0.25) is 0 Å². The van der Waals surface area contributed by atoms with Crippen LogP contribution in [0.1, 0.15) is 45.6 Å². The van der Waals surface area contributed by atoms with Crippen LogP contribution >= 0.6 is 0 Å². The maximum atomic E-state index is 13.6. The van der Waals surface area contributed by atoms with E-state index in [-0.39, 0.29) is 23.1 Å². The van der Waals surface area contributed by atoms with Gasteiger partial charge in [0.25, 0.3) is 0 Å². The van der Waals surface area contributed by atoms with E-state index in [0.717, 1.165) is 12.5 Å². The highest BCUT2D eigenvalue weighted by molar-refractivity contribution is 5.85. The molecule has 4 nitrogen and oxygen atoms in total. The molecular formula is C20H25F3N2O2. The Morgan fingerprint density at radius 3 is 2.63 bits per heavy atom. The van der Waals surface area contributed by atoms with Crippen molar-refractivity contribution in [3.8, 4) is 5.75 Å². The molecule has 27 heavy (non-hydrogen) atoms. The van der Waals surface area contributed by atoms with Crippen LogP contribution in [0.3, 0.4) is 0 Å². The third kappa shape index (κ3) is 4.13. The quantitative estimate of drug-likeness (QED) is 0.802. The minimum atomic E-state index is -4.52. The van der Waals surface area contributed by atoms with Crippen molar-refractivity contribution in [2.24, 2.45) is 5.92 Å². The van der Waals surface area contributed by atoms with Gasteiger partial charge in [-0.05, 0) is 44.2 Å². The predicted octanol–water partition coefficient (Wildman–Crippen LogP) is 4.70. The van der Waals surface area contributed by atoms with Gasteiger partial charge < -0.3 is 14.7 Å². The molecule has 0 amide bonds. The van der Waals surface area contributed by atoms with Gasteiger partial charge in [0.2, 0.25) is 0 Å². The number of hydrogen-bond acceptors (Lipinski definition) is 4. The number of alkyl halides is 3. The first-order valence-corrected chi connectivity index (χ1v) is 9.10. The topological polar surface area (TPSA) is 45.6 Å². The summed E-state index contributed by atoms with van der Waals surface area (Å²) in [6.45, 7) is 10.0. The second-order valence-electron chi connectivity index (χ2n) is 8.05. The summed E-state index contributed by atoms with van der Waals surface area (Å²) >= 11 is 0. The van der Waals surface area contributed by atoms with Gasteiger partial charge >= 0.3 is 6.18 Å². The van der Waals surface area contributed by atoms with Crippen LogP contribution in [0.4, 0.5) is 19.0 Å². The zero-order valence-corrected chi connectivity index (χ0v) is 15.8. The fraction of sp³-hybridized carbons (Fsp3) is 0.550. The highest BCUT2D eigenvalue weighted by Gasteiger charge is 2.46. The Bertz CT molecular complexity index is 761. The third-order valence-corrected chi connectivity index (χ3v) is 4.97. The standard InChI is InChI=1S/C20H25F3N2O2/c1-12(2)5-6-27-15-8-16-17(20(21,22)23)7-13(3)25(18(16)24-11-15)14-9-19(4,26)10-14/h7-8,11-12,14,26H,3,5-6,9-10H2,1-2,4H3/t14-,19-. The van der Waals surface area contributed by atoms with Crippen molar-refractivity contribution in [1.29, 1.82) is 0 Å². The normalized spacial score (nSPS) is 25.2. The monoisotopic (exact) mass is 382 g/mol. The van der Waals surface area contributed by atoms with Crippen LogP contribution in [-0.2, 0) is 0 Å². The summed E-state index contributed by atoms with van der Waals surface area (Å²) in [4.78, 5) is 5.98. The fourth-order valence-electron chi connectivity index (χ4n) is 3.55. The number of aromatic nitrogens is 1. The Kier molecular flexibility index (Phi) is 5.01. The van der Waals surface area contributed by atoms with Gasteiger partial charge in [0.15, 0.2) is 0 Å². The second kappa shape index (κ2) is 6.86. The summed E-state index contributed by atoms with van der Waals surface area (Å²) in [6.07, 6.45) is -0.305. The number of ether oxygens (including phenoxy) is 1. The largest absolute Gasteiger partial charge is 0.492 e. The molecule has 3 rings (SSSR count). The Morgan fingerprint density at radius 2 is 2.07 bits per heavy atom. The fourth-order valence-corrected chi connectivity index (χ4v) is 3.55. The Balaban J connectivity index is 1.94. The van der Waals surface area contributed by atoms with Gasteiger partial charge in [0, 0.05) is 17.3 Å². The van der Waals surface area contributed by atoms with Crippen LogP contribution in [-0.4, -0.2) is 34.5 Å². The third-order valence-electron chi connectivity index (χ3n) is 4.97. The molecule has 2 heterocycles. The van der Waals surface area contributed by atoms with Gasteiger partial charge in [-0.1, -0.05) is 20.4 Å². The van der Waals surface area contributed by atoms with Crippen molar-refractivity contribution in [1.82, 2.24) is 4.98 Å². The minimum absolute atomic E-state index is 0.0107. The zero-order valence-electron chi connectivity index (χ0n) is 15.8. The van der Waals surface area contributed by atoms with E-state index in [4.69, 9.17) is 4.74 Å². The van der Waals surface area contributed by atoms with Crippen molar-refractivity contribution in [2.45, 2.75) is 57.9 Å². The molecule has 0 radical (unpaired) electrons. The van der Waals surface area contributed by atoms with Gasteiger partial charge in [-0.25, -0.2) is 4.98 Å². The van der Waals surface area contributed by atoms with Crippen LogP contribution in [0.15, 0.2) is 30.6 Å². The molecule has 1 N–H and O–H groups in total. The molecule has 0 bridgehead atoms. The average molecular weight is 382 g/mol. The molecule has 7 heteroatoms. The number of aliphatic hydroxyl groups is 1. The molecule has 148 valence electrons. The van der Waals surface area contributed by atoms with E-state index < -0.39 is 17.4 Å². The zero-order chi connectivity index (χ0) is 20.0. The Morgan fingerprint density at radius 1 is 1.41 bits per heavy atom. The van der Waals surface area contributed by atoms with Gasteiger partial charge in [-0.3, -0.25) is 0 Å². The summed E-state index contributed by atoms with van der Waals surface area (Å²) in [5.41, 5.74) is -1.36. The highest BCUT2D eigenvalue weighted by atomic mass is 19.4. The van der Waals surface area contributed by atoms with Gasteiger partial charge in [0.1, 0.15) is 11.6 Å². The lowest BCUT2D eigenvalue weighted by atomic mass is 9.75. The van der Waals surface area contributed by atoms with E-state index in [1.807, 2.05) is 0 Å². The van der Waals surface area contributed by atoms with E-state index >= 15 is 0 Å². The van der Waals surface area contributed by atoms with Gasteiger partial charge in [0.05, 0.1) is 24.0 Å². The van der Waals surface area contributed by atoms with Gasteiger partial charge in [-0.2, -0.15) is 13.2 Å². The summed E-state index contributed by atoms with van der Waals surface area (Å²) < 4.78 is 46.4. The molecular weight excluding hydrogens is 357 g/mol. The first-order chi connectivity index (χ1) is 12.5. The number of hydrogen-bond donors (Lipinski definition) is 1. The second-order valence-corrected chi connectivity index (χ2v) is 8.05. The lowest BCUT2D eigenvalue weighted by molar-refractivity contribution is -0.0692. The molecule has 0 unspecified atom stereocenters. The maximum absolute atomic E-state index is 13.6. The number of anilines is 1. The molecule has 0 spiro atoms. The van der Waals surface area contributed by atoms with E-state index in [2.05, 4.69) is 25.4 Å². The molecule has 0 saturated heterocycles.